The number of aliphatic hydroxyl groups excluding tert-OH is 1. The molecule has 0 saturated heterocycles. The van der Waals surface area contributed by atoms with E-state index in [0.717, 1.165) is 5.92 Å². The zero-order chi connectivity index (χ0) is 14.4. The van der Waals surface area contributed by atoms with Crippen LogP contribution in [0.5, 0.6) is 5.75 Å². The molecule has 4 heteroatoms. The summed E-state index contributed by atoms with van der Waals surface area (Å²) in [5, 5.41) is 14.0. The molecule has 1 saturated carbocycles. The van der Waals surface area contributed by atoms with Crippen molar-refractivity contribution >= 4 is 11.6 Å². The first kappa shape index (κ1) is 15.6. The monoisotopic (exact) mass is 297 g/mol. The van der Waals surface area contributed by atoms with E-state index in [1.165, 1.54) is 25.7 Å². The Morgan fingerprint density at radius 2 is 2.05 bits per heavy atom. The molecule has 1 aliphatic carbocycles. The second-order valence-electron chi connectivity index (χ2n) is 5.64. The number of hydrogen-bond acceptors (Lipinski definition) is 3. The molecule has 0 spiro atoms. The van der Waals surface area contributed by atoms with Crippen molar-refractivity contribution in [2.45, 2.75) is 44.8 Å². The maximum absolute atomic E-state index is 9.96. The Balaban J connectivity index is 1.67. The summed E-state index contributed by atoms with van der Waals surface area (Å²) in [6.45, 7) is 3.02. The highest BCUT2D eigenvalue weighted by molar-refractivity contribution is 6.32. The molecule has 2 rings (SSSR count). The molecule has 1 aromatic rings. The van der Waals surface area contributed by atoms with Gasteiger partial charge in [0.05, 0.1) is 5.02 Å². The average molecular weight is 298 g/mol. The number of benzene rings is 1. The van der Waals surface area contributed by atoms with Gasteiger partial charge in [-0.25, -0.2) is 0 Å². The van der Waals surface area contributed by atoms with E-state index in [4.69, 9.17) is 16.3 Å². The summed E-state index contributed by atoms with van der Waals surface area (Å²) >= 11 is 6.00. The molecule has 0 bridgehead atoms. The minimum Gasteiger partial charge on any atom is -0.489 e. The fourth-order valence-electron chi connectivity index (χ4n) is 2.75. The van der Waals surface area contributed by atoms with Gasteiger partial charge in [-0.15, -0.1) is 0 Å². The molecule has 20 heavy (non-hydrogen) atoms. The molecule has 3 nitrogen and oxygen atoms in total. The summed E-state index contributed by atoms with van der Waals surface area (Å²) in [7, 11) is 0. The van der Waals surface area contributed by atoms with Crippen molar-refractivity contribution < 1.29 is 9.84 Å². The van der Waals surface area contributed by atoms with Gasteiger partial charge in [-0.1, -0.05) is 36.6 Å². The molecule has 0 aromatic heterocycles. The molecule has 0 heterocycles. The van der Waals surface area contributed by atoms with E-state index < -0.39 is 6.10 Å². The van der Waals surface area contributed by atoms with Crippen molar-refractivity contribution in [3.05, 3.63) is 29.3 Å². The highest BCUT2D eigenvalue weighted by Crippen LogP contribution is 2.27. The number of aliphatic hydroxyl groups is 1. The first-order chi connectivity index (χ1) is 9.66. The highest BCUT2D eigenvalue weighted by atomic mass is 35.5. The highest BCUT2D eigenvalue weighted by Gasteiger charge is 2.21. The lowest BCUT2D eigenvalue weighted by Gasteiger charge is -2.22. The van der Waals surface area contributed by atoms with Crippen LogP contribution in [0.2, 0.25) is 5.02 Å². The summed E-state index contributed by atoms with van der Waals surface area (Å²) in [5.74, 6) is 1.38. The van der Waals surface area contributed by atoms with Gasteiger partial charge in [0.1, 0.15) is 18.5 Å². The standard InChI is InChI=1S/C16H24ClNO2/c1-12(13-6-2-3-7-13)18-10-14(19)11-20-16-9-5-4-8-15(16)17/h4-5,8-9,12-14,18-19H,2-3,6-7,10-11H2,1H3. The number of para-hydroxylation sites is 1. The molecule has 2 N–H and O–H groups in total. The van der Waals surface area contributed by atoms with Crippen LogP contribution in [0.3, 0.4) is 0 Å². The van der Waals surface area contributed by atoms with E-state index in [0.29, 0.717) is 23.4 Å². The SMILES string of the molecule is CC(NCC(O)COc1ccccc1Cl)C1CCCC1. The quantitative estimate of drug-likeness (QED) is 0.812. The summed E-state index contributed by atoms with van der Waals surface area (Å²) < 4.78 is 5.53. The van der Waals surface area contributed by atoms with Crippen LogP contribution in [0.15, 0.2) is 24.3 Å². The molecule has 0 amide bonds. The van der Waals surface area contributed by atoms with Crippen molar-refractivity contribution in [2.24, 2.45) is 5.92 Å². The fourth-order valence-corrected chi connectivity index (χ4v) is 2.94. The number of nitrogens with one attached hydrogen (secondary N) is 1. The second kappa shape index (κ2) is 7.87. The first-order valence-electron chi connectivity index (χ1n) is 7.45. The van der Waals surface area contributed by atoms with Gasteiger partial charge in [-0.2, -0.15) is 0 Å². The van der Waals surface area contributed by atoms with E-state index >= 15 is 0 Å². The van der Waals surface area contributed by atoms with Gasteiger partial charge < -0.3 is 15.2 Å². The topological polar surface area (TPSA) is 41.5 Å². The van der Waals surface area contributed by atoms with Crippen molar-refractivity contribution in [1.29, 1.82) is 0 Å². The van der Waals surface area contributed by atoms with Crippen molar-refractivity contribution in [1.82, 2.24) is 5.32 Å². The van der Waals surface area contributed by atoms with Crippen LogP contribution in [0.1, 0.15) is 32.6 Å². The molecule has 1 aromatic carbocycles. The second-order valence-corrected chi connectivity index (χ2v) is 6.04. The Hall–Kier alpha value is -0.770. The molecule has 1 fully saturated rings. The number of ether oxygens (including phenoxy) is 1. The Morgan fingerprint density at radius 3 is 2.75 bits per heavy atom. The Kier molecular flexibility index (Phi) is 6.14. The lowest BCUT2D eigenvalue weighted by atomic mass is 10.00. The summed E-state index contributed by atoms with van der Waals surface area (Å²) in [6, 6.07) is 7.78. The minimum absolute atomic E-state index is 0.258. The normalized spacial score (nSPS) is 18.9. The number of halogens is 1. The van der Waals surface area contributed by atoms with E-state index in [1.54, 1.807) is 6.07 Å². The van der Waals surface area contributed by atoms with Gasteiger partial charge in [0.15, 0.2) is 0 Å². The molecular formula is C16H24ClNO2. The predicted octanol–water partition coefficient (Wildman–Crippen LogP) is 3.25. The average Bonchev–Trinajstić information content (AvgIpc) is 2.98. The fraction of sp³-hybridized carbons (Fsp3) is 0.625. The van der Waals surface area contributed by atoms with Crippen molar-refractivity contribution in [3.63, 3.8) is 0 Å². The molecule has 2 unspecified atom stereocenters. The lowest BCUT2D eigenvalue weighted by Crippen LogP contribution is -2.39. The van der Waals surface area contributed by atoms with Gasteiger partial charge in [-0.3, -0.25) is 0 Å². The molecule has 1 aliphatic rings. The summed E-state index contributed by atoms with van der Waals surface area (Å²) in [4.78, 5) is 0. The van der Waals surface area contributed by atoms with Gasteiger partial charge in [0, 0.05) is 12.6 Å². The van der Waals surface area contributed by atoms with Crippen LogP contribution >= 0.6 is 11.6 Å². The Bertz CT molecular complexity index is 407. The van der Waals surface area contributed by atoms with Crippen LogP contribution in [0, 0.1) is 5.92 Å². The van der Waals surface area contributed by atoms with Gasteiger partial charge in [0.25, 0.3) is 0 Å². The third-order valence-corrected chi connectivity index (χ3v) is 4.36. The molecular weight excluding hydrogens is 274 g/mol. The van der Waals surface area contributed by atoms with Crippen LogP contribution < -0.4 is 10.1 Å². The maximum atomic E-state index is 9.96. The maximum Gasteiger partial charge on any atom is 0.138 e. The zero-order valence-electron chi connectivity index (χ0n) is 12.0. The molecule has 112 valence electrons. The van der Waals surface area contributed by atoms with Crippen LogP contribution in [-0.4, -0.2) is 30.4 Å². The largest absolute Gasteiger partial charge is 0.489 e. The third kappa shape index (κ3) is 4.65. The first-order valence-corrected chi connectivity index (χ1v) is 7.83. The van der Waals surface area contributed by atoms with Gasteiger partial charge in [-0.05, 0) is 37.8 Å². The Morgan fingerprint density at radius 1 is 1.35 bits per heavy atom. The van der Waals surface area contributed by atoms with Crippen molar-refractivity contribution in [3.8, 4) is 5.75 Å². The van der Waals surface area contributed by atoms with Crippen LogP contribution in [0.25, 0.3) is 0 Å². The smallest absolute Gasteiger partial charge is 0.138 e. The van der Waals surface area contributed by atoms with Crippen LogP contribution in [-0.2, 0) is 0 Å². The number of rotatable bonds is 7. The van der Waals surface area contributed by atoms with Crippen molar-refractivity contribution in [2.75, 3.05) is 13.2 Å². The van der Waals surface area contributed by atoms with E-state index in [1.807, 2.05) is 18.2 Å². The summed E-state index contributed by atoms with van der Waals surface area (Å²) in [5.41, 5.74) is 0. The third-order valence-electron chi connectivity index (χ3n) is 4.05. The predicted molar refractivity (Wildman–Crippen MR) is 82.4 cm³/mol. The van der Waals surface area contributed by atoms with Crippen LogP contribution in [0.4, 0.5) is 0 Å². The minimum atomic E-state index is -0.518. The summed E-state index contributed by atoms with van der Waals surface area (Å²) in [6.07, 6.45) is 4.78. The van der Waals surface area contributed by atoms with E-state index in [2.05, 4.69) is 12.2 Å². The molecule has 0 radical (unpaired) electrons. The van der Waals surface area contributed by atoms with E-state index in [-0.39, 0.29) is 6.61 Å². The lowest BCUT2D eigenvalue weighted by molar-refractivity contribution is 0.102. The molecule has 2 atom stereocenters. The number of hydrogen-bond donors (Lipinski definition) is 2. The van der Waals surface area contributed by atoms with Gasteiger partial charge >= 0.3 is 0 Å². The Labute approximate surface area is 126 Å². The zero-order valence-corrected chi connectivity index (χ0v) is 12.8. The van der Waals surface area contributed by atoms with E-state index in [9.17, 15) is 5.11 Å². The molecule has 0 aliphatic heterocycles. The van der Waals surface area contributed by atoms with Gasteiger partial charge in [0.2, 0.25) is 0 Å².